The van der Waals surface area contributed by atoms with Crippen LogP contribution in [0.4, 0.5) is 0 Å². The number of hydrazine groups is 1. The van der Waals surface area contributed by atoms with E-state index in [0.29, 0.717) is 5.92 Å². The van der Waals surface area contributed by atoms with E-state index in [1.54, 1.807) is 0 Å². The molecule has 3 N–H and O–H groups in total. The monoisotopic (exact) mass is 198 g/mol. The van der Waals surface area contributed by atoms with Gasteiger partial charge in [-0.3, -0.25) is 5.84 Å². The first-order chi connectivity index (χ1) is 6.83. The summed E-state index contributed by atoms with van der Waals surface area (Å²) < 4.78 is 5.63. The molecular formula is C11H22N2O. The van der Waals surface area contributed by atoms with Gasteiger partial charge in [0.15, 0.2) is 0 Å². The third-order valence-corrected chi connectivity index (χ3v) is 2.97. The van der Waals surface area contributed by atoms with Gasteiger partial charge in [0.25, 0.3) is 0 Å². The summed E-state index contributed by atoms with van der Waals surface area (Å²) in [5.74, 6) is 7.21. The van der Waals surface area contributed by atoms with E-state index in [9.17, 15) is 0 Å². The Hall–Kier alpha value is -0.540. The minimum Gasteiger partial charge on any atom is -0.497 e. The van der Waals surface area contributed by atoms with Crippen LogP contribution in [0.1, 0.15) is 39.5 Å². The highest BCUT2D eigenvalue weighted by Gasteiger charge is 2.23. The van der Waals surface area contributed by atoms with E-state index in [1.807, 2.05) is 0 Å². The second kappa shape index (κ2) is 6.04. The number of hydrogen-bond donors (Lipinski definition) is 2. The lowest BCUT2D eigenvalue weighted by Crippen LogP contribution is -2.43. The third kappa shape index (κ3) is 2.72. The fourth-order valence-corrected chi connectivity index (χ4v) is 2.00. The fraction of sp³-hybridized carbons (Fsp3) is 0.818. The summed E-state index contributed by atoms with van der Waals surface area (Å²) in [4.78, 5) is 0. The van der Waals surface area contributed by atoms with Crippen molar-refractivity contribution < 1.29 is 4.74 Å². The fourth-order valence-electron chi connectivity index (χ4n) is 2.00. The van der Waals surface area contributed by atoms with E-state index >= 15 is 0 Å². The maximum Gasteiger partial charge on any atom is 0.111 e. The van der Waals surface area contributed by atoms with Crippen LogP contribution in [-0.4, -0.2) is 12.6 Å². The highest BCUT2D eigenvalue weighted by Crippen LogP contribution is 2.22. The van der Waals surface area contributed by atoms with Crippen molar-refractivity contribution in [1.29, 1.82) is 0 Å². The standard InChI is InChI=1S/C11H22N2O/c1-3-9(4-2)11(13-12)10-7-5-6-8-14-10/h7,9,11,13H,3-6,8,12H2,1-2H3. The normalized spacial score (nSPS) is 19.0. The second-order valence-electron chi connectivity index (χ2n) is 3.82. The minimum atomic E-state index is 0.199. The summed E-state index contributed by atoms with van der Waals surface area (Å²) in [6, 6.07) is 0.199. The first kappa shape index (κ1) is 11.5. The van der Waals surface area contributed by atoms with E-state index in [-0.39, 0.29) is 6.04 Å². The van der Waals surface area contributed by atoms with Crippen molar-refractivity contribution in [3.63, 3.8) is 0 Å². The largest absolute Gasteiger partial charge is 0.497 e. The number of hydrogen-bond acceptors (Lipinski definition) is 3. The second-order valence-corrected chi connectivity index (χ2v) is 3.82. The quantitative estimate of drug-likeness (QED) is 0.524. The molecule has 0 aliphatic carbocycles. The molecule has 1 unspecified atom stereocenters. The lowest BCUT2D eigenvalue weighted by molar-refractivity contribution is 0.148. The van der Waals surface area contributed by atoms with Crippen LogP contribution < -0.4 is 11.3 Å². The van der Waals surface area contributed by atoms with Crippen LogP contribution in [0.5, 0.6) is 0 Å². The van der Waals surface area contributed by atoms with E-state index < -0.39 is 0 Å². The molecule has 0 aromatic rings. The van der Waals surface area contributed by atoms with E-state index in [2.05, 4.69) is 25.3 Å². The van der Waals surface area contributed by atoms with Gasteiger partial charge < -0.3 is 4.74 Å². The Balaban J connectivity index is 2.63. The predicted octanol–water partition coefficient (Wildman–Crippen LogP) is 1.95. The molecule has 0 amide bonds. The van der Waals surface area contributed by atoms with Crippen molar-refractivity contribution in [2.45, 2.75) is 45.6 Å². The van der Waals surface area contributed by atoms with Crippen molar-refractivity contribution in [3.8, 4) is 0 Å². The van der Waals surface area contributed by atoms with Crippen LogP contribution in [0.15, 0.2) is 11.8 Å². The summed E-state index contributed by atoms with van der Waals surface area (Å²) in [6.45, 7) is 5.23. The number of rotatable bonds is 5. The maximum atomic E-state index is 5.63. The zero-order valence-corrected chi connectivity index (χ0v) is 9.25. The van der Waals surface area contributed by atoms with Crippen molar-refractivity contribution in [2.75, 3.05) is 6.61 Å². The lowest BCUT2D eigenvalue weighted by atomic mass is 9.92. The Kier molecular flexibility index (Phi) is 4.98. The predicted molar refractivity (Wildman–Crippen MR) is 58.5 cm³/mol. The van der Waals surface area contributed by atoms with Crippen LogP contribution in [0.25, 0.3) is 0 Å². The molecule has 0 aromatic heterocycles. The summed E-state index contributed by atoms with van der Waals surface area (Å²) in [5.41, 5.74) is 2.88. The zero-order chi connectivity index (χ0) is 10.4. The van der Waals surface area contributed by atoms with Gasteiger partial charge in [-0.05, 0) is 24.8 Å². The Morgan fingerprint density at radius 2 is 2.21 bits per heavy atom. The maximum absolute atomic E-state index is 5.63. The molecular weight excluding hydrogens is 176 g/mol. The number of ether oxygens (including phenoxy) is 1. The van der Waals surface area contributed by atoms with Gasteiger partial charge in [-0.2, -0.15) is 0 Å². The summed E-state index contributed by atoms with van der Waals surface area (Å²) in [5, 5.41) is 0. The topological polar surface area (TPSA) is 47.3 Å². The van der Waals surface area contributed by atoms with Crippen molar-refractivity contribution in [2.24, 2.45) is 11.8 Å². The van der Waals surface area contributed by atoms with Crippen LogP contribution in [-0.2, 0) is 4.74 Å². The van der Waals surface area contributed by atoms with Gasteiger partial charge >= 0.3 is 0 Å². The van der Waals surface area contributed by atoms with E-state index in [4.69, 9.17) is 10.6 Å². The highest BCUT2D eigenvalue weighted by atomic mass is 16.5. The van der Waals surface area contributed by atoms with Crippen LogP contribution >= 0.6 is 0 Å². The summed E-state index contributed by atoms with van der Waals surface area (Å²) >= 11 is 0. The molecule has 0 spiro atoms. The number of nitrogens with two attached hydrogens (primary N) is 1. The molecule has 1 atom stereocenters. The van der Waals surface area contributed by atoms with Gasteiger partial charge in [-0.15, -0.1) is 0 Å². The smallest absolute Gasteiger partial charge is 0.111 e. The average molecular weight is 198 g/mol. The SMILES string of the molecule is CCC(CC)C(NN)C1=CCCCO1. The molecule has 1 heterocycles. The van der Waals surface area contributed by atoms with Gasteiger partial charge in [0, 0.05) is 0 Å². The zero-order valence-electron chi connectivity index (χ0n) is 9.25. The van der Waals surface area contributed by atoms with E-state index in [0.717, 1.165) is 38.0 Å². The molecule has 0 radical (unpaired) electrons. The van der Waals surface area contributed by atoms with Crippen molar-refractivity contribution >= 4 is 0 Å². The van der Waals surface area contributed by atoms with E-state index in [1.165, 1.54) is 0 Å². The first-order valence-corrected chi connectivity index (χ1v) is 5.62. The Morgan fingerprint density at radius 1 is 1.50 bits per heavy atom. The summed E-state index contributed by atoms with van der Waals surface area (Å²) in [7, 11) is 0. The molecule has 3 nitrogen and oxygen atoms in total. The number of allylic oxidation sites excluding steroid dienone is 1. The third-order valence-electron chi connectivity index (χ3n) is 2.97. The van der Waals surface area contributed by atoms with Crippen molar-refractivity contribution in [1.82, 2.24) is 5.43 Å². The molecule has 1 aliphatic rings. The van der Waals surface area contributed by atoms with Gasteiger partial charge in [0.2, 0.25) is 0 Å². The molecule has 0 aromatic carbocycles. The molecule has 82 valence electrons. The molecule has 0 saturated heterocycles. The van der Waals surface area contributed by atoms with Crippen LogP contribution in [0.3, 0.4) is 0 Å². The molecule has 1 aliphatic heterocycles. The molecule has 1 rings (SSSR count). The lowest BCUT2D eigenvalue weighted by Gasteiger charge is -2.28. The summed E-state index contributed by atoms with van der Waals surface area (Å²) in [6.07, 6.45) is 6.68. The van der Waals surface area contributed by atoms with Crippen molar-refractivity contribution in [3.05, 3.63) is 11.8 Å². The molecule has 3 heteroatoms. The van der Waals surface area contributed by atoms with Gasteiger partial charge in [0.05, 0.1) is 12.6 Å². The highest BCUT2D eigenvalue weighted by molar-refractivity contribution is 5.06. The molecule has 0 fully saturated rings. The van der Waals surface area contributed by atoms with Crippen LogP contribution in [0.2, 0.25) is 0 Å². The first-order valence-electron chi connectivity index (χ1n) is 5.62. The van der Waals surface area contributed by atoms with Gasteiger partial charge in [-0.25, -0.2) is 5.43 Å². The van der Waals surface area contributed by atoms with Crippen LogP contribution in [0, 0.1) is 5.92 Å². The van der Waals surface area contributed by atoms with Gasteiger partial charge in [0.1, 0.15) is 5.76 Å². The molecule has 0 bridgehead atoms. The number of nitrogens with one attached hydrogen (secondary N) is 1. The average Bonchev–Trinajstić information content (AvgIpc) is 2.27. The Bertz CT molecular complexity index is 188. The minimum absolute atomic E-state index is 0.199. The molecule has 14 heavy (non-hydrogen) atoms. The molecule has 0 saturated carbocycles. The Morgan fingerprint density at radius 3 is 2.64 bits per heavy atom. The van der Waals surface area contributed by atoms with Gasteiger partial charge in [-0.1, -0.05) is 26.7 Å². The Labute approximate surface area is 86.7 Å².